The van der Waals surface area contributed by atoms with Crippen LogP contribution in [0.3, 0.4) is 0 Å². The van der Waals surface area contributed by atoms with Gasteiger partial charge in [0.05, 0.1) is 23.1 Å². The number of para-hydroxylation sites is 2. The average Bonchev–Trinajstić information content (AvgIpc) is 3.45. The van der Waals surface area contributed by atoms with Gasteiger partial charge in [0, 0.05) is 42.4 Å². The van der Waals surface area contributed by atoms with Crippen LogP contribution in [0, 0.1) is 13.8 Å². The molecular weight excluding hydrogens is 406 g/mol. The van der Waals surface area contributed by atoms with Gasteiger partial charge in [-0.2, -0.15) is 0 Å². The standard InChI is InChI=1S/C24H27N5OS/c1-17-15-20(18(2)29(17)16-19-7-5-14-31-19)23(30)27-10-6-11-28(13-12-27)24-25-21-8-3-4-9-22(21)26-24/h3-5,7-9,14-15H,6,10-13,16H2,1-2H3,(H,25,26). The molecule has 1 fully saturated rings. The molecule has 0 saturated carbocycles. The van der Waals surface area contributed by atoms with Crippen LogP contribution in [-0.2, 0) is 6.54 Å². The van der Waals surface area contributed by atoms with Crippen LogP contribution < -0.4 is 4.90 Å². The lowest BCUT2D eigenvalue weighted by molar-refractivity contribution is 0.0766. The first-order chi connectivity index (χ1) is 15.1. The second kappa shape index (κ2) is 8.23. The smallest absolute Gasteiger partial charge is 0.255 e. The first-order valence-electron chi connectivity index (χ1n) is 10.8. The van der Waals surface area contributed by atoms with Gasteiger partial charge in [-0.1, -0.05) is 18.2 Å². The zero-order chi connectivity index (χ0) is 21.4. The van der Waals surface area contributed by atoms with E-state index < -0.39 is 0 Å². The molecule has 4 heterocycles. The van der Waals surface area contributed by atoms with Crippen molar-refractivity contribution >= 4 is 34.2 Å². The number of thiophene rings is 1. The Morgan fingerprint density at radius 1 is 1.10 bits per heavy atom. The summed E-state index contributed by atoms with van der Waals surface area (Å²) in [6, 6.07) is 14.4. The maximum Gasteiger partial charge on any atom is 0.255 e. The largest absolute Gasteiger partial charge is 0.343 e. The van der Waals surface area contributed by atoms with Crippen LogP contribution in [0.2, 0.25) is 0 Å². The summed E-state index contributed by atoms with van der Waals surface area (Å²) in [5.74, 6) is 1.03. The number of anilines is 1. The molecule has 6 nitrogen and oxygen atoms in total. The van der Waals surface area contributed by atoms with E-state index in [0.29, 0.717) is 6.54 Å². The summed E-state index contributed by atoms with van der Waals surface area (Å²) in [5.41, 5.74) is 5.04. The molecule has 1 aliphatic rings. The number of aromatic nitrogens is 3. The number of benzene rings is 1. The fourth-order valence-corrected chi connectivity index (χ4v) is 5.10. The number of hydrogen-bond donors (Lipinski definition) is 1. The minimum Gasteiger partial charge on any atom is -0.343 e. The number of hydrogen-bond acceptors (Lipinski definition) is 4. The van der Waals surface area contributed by atoms with Gasteiger partial charge in [0.2, 0.25) is 5.95 Å². The third kappa shape index (κ3) is 3.85. The molecular formula is C24H27N5OS. The van der Waals surface area contributed by atoms with Crippen molar-refractivity contribution in [3.05, 3.63) is 69.7 Å². The Kier molecular flexibility index (Phi) is 5.28. The predicted molar refractivity (Wildman–Crippen MR) is 126 cm³/mol. The van der Waals surface area contributed by atoms with E-state index in [1.165, 1.54) is 4.88 Å². The zero-order valence-corrected chi connectivity index (χ0v) is 18.8. The number of nitrogens with one attached hydrogen (secondary N) is 1. The predicted octanol–water partition coefficient (Wildman–Crippen LogP) is 4.44. The molecule has 0 aliphatic carbocycles. The van der Waals surface area contributed by atoms with Crippen molar-refractivity contribution in [2.75, 3.05) is 31.1 Å². The molecule has 7 heteroatoms. The molecule has 4 aromatic rings. The molecule has 1 amide bonds. The molecule has 0 atom stereocenters. The number of fused-ring (bicyclic) bond motifs is 1. The normalized spacial score (nSPS) is 14.9. The summed E-state index contributed by atoms with van der Waals surface area (Å²) in [7, 11) is 0. The van der Waals surface area contributed by atoms with Crippen LogP contribution >= 0.6 is 11.3 Å². The van der Waals surface area contributed by atoms with Crippen LogP contribution in [0.5, 0.6) is 0 Å². The third-order valence-corrected chi connectivity index (χ3v) is 7.02. The zero-order valence-electron chi connectivity index (χ0n) is 18.0. The van der Waals surface area contributed by atoms with Crippen LogP contribution in [0.4, 0.5) is 5.95 Å². The molecule has 3 aromatic heterocycles. The van der Waals surface area contributed by atoms with Crippen molar-refractivity contribution in [3.63, 3.8) is 0 Å². The fraction of sp³-hybridized carbons (Fsp3) is 0.333. The molecule has 160 valence electrons. The Morgan fingerprint density at radius 2 is 1.97 bits per heavy atom. The summed E-state index contributed by atoms with van der Waals surface area (Å²) in [4.78, 5) is 27.1. The topological polar surface area (TPSA) is 57.2 Å². The highest BCUT2D eigenvalue weighted by atomic mass is 32.1. The van der Waals surface area contributed by atoms with E-state index in [4.69, 9.17) is 4.98 Å². The number of H-pyrrole nitrogens is 1. The highest BCUT2D eigenvalue weighted by molar-refractivity contribution is 7.09. The van der Waals surface area contributed by atoms with Gasteiger partial charge in [0.1, 0.15) is 0 Å². The molecule has 0 radical (unpaired) electrons. The summed E-state index contributed by atoms with van der Waals surface area (Å²) < 4.78 is 2.25. The molecule has 1 aromatic carbocycles. The molecule has 1 N–H and O–H groups in total. The number of imidazole rings is 1. The lowest BCUT2D eigenvalue weighted by atomic mass is 10.2. The van der Waals surface area contributed by atoms with Gasteiger partial charge in [0.15, 0.2) is 0 Å². The van der Waals surface area contributed by atoms with Crippen molar-refractivity contribution in [1.82, 2.24) is 19.4 Å². The molecule has 1 aliphatic heterocycles. The van der Waals surface area contributed by atoms with Gasteiger partial charge in [-0.15, -0.1) is 11.3 Å². The van der Waals surface area contributed by atoms with Crippen molar-refractivity contribution < 1.29 is 4.79 Å². The van der Waals surface area contributed by atoms with Gasteiger partial charge in [-0.25, -0.2) is 4.98 Å². The summed E-state index contributed by atoms with van der Waals surface area (Å²) >= 11 is 1.75. The molecule has 5 rings (SSSR count). The quantitative estimate of drug-likeness (QED) is 0.518. The maximum absolute atomic E-state index is 13.4. The Balaban J connectivity index is 1.31. The summed E-state index contributed by atoms with van der Waals surface area (Å²) in [6.45, 7) is 8.10. The lowest BCUT2D eigenvalue weighted by Crippen LogP contribution is -2.35. The number of aromatic amines is 1. The lowest BCUT2D eigenvalue weighted by Gasteiger charge is -2.22. The second-order valence-corrected chi connectivity index (χ2v) is 9.19. The van der Waals surface area contributed by atoms with Crippen LogP contribution in [0.15, 0.2) is 47.8 Å². The highest BCUT2D eigenvalue weighted by Crippen LogP contribution is 2.22. The Hall–Kier alpha value is -3.06. The van der Waals surface area contributed by atoms with Crippen LogP contribution in [0.1, 0.15) is 33.0 Å². The van der Waals surface area contributed by atoms with E-state index in [0.717, 1.165) is 66.5 Å². The first kappa shape index (κ1) is 19.9. The first-order valence-corrected chi connectivity index (χ1v) is 11.7. The van der Waals surface area contributed by atoms with Crippen molar-refractivity contribution in [3.8, 4) is 0 Å². The van der Waals surface area contributed by atoms with Gasteiger partial charge in [-0.3, -0.25) is 4.79 Å². The van der Waals surface area contributed by atoms with E-state index in [1.807, 2.05) is 35.2 Å². The molecule has 1 saturated heterocycles. The number of rotatable bonds is 4. The highest BCUT2D eigenvalue weighted by Gasteiger charge is 2.25. The average molecular weight is 434 g/mol. The number of nitrogens with zero attached hydrogens (tertiary/aromatic N) is 4. The van der Waals surface area contributed by atoms with E-state index in [2.05, 4.69) is 45.8 Å². The van der Waals surface area contributed by atoms with E-state index in [9.17, 15) is 4.79 Å². The fourth-order valence-electron chi connectivity index (χ4n) is 4.41. The Bertz CT molecular complexity index is 1170. The third-order valence-electron chi connectivity index (χ3n) is 6.16. The second-order valence-electron chi connectivity index (χ2n) is 8.16. The maximum atomic E-state index is 13.4. The van der Waals surface area contributed by atoms with Gasteiger partial charge < -0.3 is 19.4 Å². The van der Waals surface area contributed by atoms with Crippen molar-refractivity contribution in [2.45, 2.75) is 26.8 Å². The SMILES string of the molecule is Cc1cc(C(=O)N2CCCN(c3nc4ccccc4[nH]3)CC2)c(C)n1Cc1cccs1. The minimum absolute atomic E-state index is 0.136. The Labute approximate surface area is 186 Å². The molecule has 0 bridgehead atoms. The number of carbonyl (C=O) groups is 1. The number of carbonyl (C=O) groups excluding carboxylic acids is 1. The monoisotopic (exact) mass is 433 g/mol. The summed E-state index contributed by atoms with van der Waals surface area (Å²) in [5, 5.41) is 2.10. The van der Waals surface area contributed by atoms with Gasteiger partial charge >= 0.3 is 0 Å². The van der Waals surface area contributed by atoms with E-state index >= 15 is 0 Å². The Morgan fingerprint density at radius 3 is 2.77 bits per heavy atom. The van der Waals surface area contributed by atoms with Crippen molar-refractivity contribution in [1.29, 1.82) is 0 Å². The molecule has 0 spiro atoms. The molecule has 31 heavy (non-hydrogen) atoms. The van der Waals surface area contributed by atoms with E-state index in [-0.39, 0.29) is 5.91 Å². The number of amides is 1. The summed E-state index contributed by atoms with van der Waals surface area (Å²) in [6.07, 6.45) is 0.927. The van der Waals surface area contributed by atoms with Crippen molar-refractivity contribution in [2.24, 2.45) is 0 Å². The minimum atomic E-state index is 0.136. The van der Waals surface area contributed by atoms with E-state index in [1.54, 1.807) is 11.3 Å². The van der Waals surface area contributed by atoms with Crippen LogP contribution in [-0.4, -0.2) is 51.5 Å². The van der Waals surface area contributed by atoms with Gasteiger partial charge in [0.25, 0.3) is 5.91 Å². The van der Waals surface area contributed by atoms with Gasteiger partial charge in [-0.05, 0) is 49.9 Å². The number of aryl methyl sites for hydroxylation is 1. The van der Waals surface area contributed by atoms with Crippen LogP contribution in [0.25, 0.3) is 11.0 Å². The molecule has 0 unspecified atom stereocenters.